The van der Waals surface area contributed by atoms with Crippen molar-refractivity contribution in [1.29, 1.82) is 0 Å². The van der Waals surface area contributed by atoms with Crippen LogP contribution in [0.4, 0.5) is 4.79 Å². The molecule has 23 heavy (non-hydrogen) atoms. The lowest BCUT2D eigenvalue weighted by Crippen LogP contribution is -2.33. The van der Waals surface area contributed by atoms with E-state index in [1.54, 1.807) is 4.68 Å². The molecule has 0 bridgehead atoms. The molecule has 7 heteroatoms. The molecule has 0 saturated heterocycles. The first kappa shape index (κ1) is 17.1. The molecular weight excluding hydrogens is 294 g/mol. The van der Waals surface area contributed by atoms with E-state index >= 15 is 0 Å². The van der Waals surface area contributed by atoms with E-state index in [0.717, 1.165) is 18.7 Å². The minimum absolute atomic E-state index is 0.390. The van der Waals surface area contributed by atoms with Gasteiger partial charge >= 0.3 is 6.09 Å². The highest BCUT2D eigenvalue weighted by molar-refractivity contribution is 5.67. The maximum absolute atomic E-state index is 11.6. The van der Waals surface area contributed by atoms with E-state index in [-0.39, 0.29) is 6.09 Å². The summed E-state index contributed by atoms with van der Waals surface area (Å²) in [7, 11) is 1.91. The molecule has 0 aliphatic rings. The Bertz CT molecular complexity index is 639. The summed E-state index contributed by atoms with van der Waals surface area (Å²) in [6, 6.07) is 0. The van der Waals surface area contributed by atoms with Gasteiger partial charge in [-0.3, -0.25) is 4.68 Å². The summed E-state index contributed by atoms with van der Waals surface area (Å²) in [5, 5.41) is 6.93. The smallest absolute Gasteiger partial charge is 0.407 e. The fourth-order valence-electron chi connectivity index (χ4n) is 2.21. The highest BCUT2D eigenvalue weighted by Crippen LogP contribution is 2.07. The Morgan fingerprint density at radius 1 is 1.30 bits per heavy atom. The van der Waals surface area contributed by atoms with Crippen LogP contribution in [0.15, 0.2) is 24.9 Å². The third kappa shape index (κ3) is 5.77. The largest absolute Gasteiger partial charge is 0.444 e. The predicted molar refractivity (Wildman–Crippen MR) is 87.1 cm³/mol. The molecule has 2 aromatic heterocycles. The van der Waals surface area contributed by atoms with Crippen LogP contribution in [0.3, 0.4) is 0 Å². The lowest BCUT2D eigenvalue weighted by Gasteiger charge is -2.19. The number of hydrogen-bond donors (Lipinski definition) is 1. The number of rotatable bonds is 6. The Balaban J connectivity index is 1.78. The minimum atomic E-state index is -0.477. The quantitative estimate of drug-likeness (QED) is 0.883. The number of ether oxygens (including phenoxy) is 1. The van der Waals surface area contributed by atoms with Crippen molar-refractivity contribution in [2.24, 2.45) is 7.05 Å². The zero-order chi connectivity index (χ0) is 16.9. The highest BCUT2D eigenvalue weighted by Gasteiger charge is 2.15. The van der Waals surface area contributed by atoms with Gasteiger partial charge in [-0.1, -0.05) is 0 Å². The molecule has 0 atom stereocenters. The zero-order valence-corrected chi connectivity index (χ0v) is 14.2. The molecule has 2 rings (SSSR count). The Morgan fingerprint density at radius 2 is 2.09 bits per heavy atom. The van der Waals surface area contributed by atoms with Gasteiger partial charge in [0, 0.05) is 44.6 Å². The monoisotopic (exact) mass is 319 g/mol. The van der Waals surface area contributed by atoms with E-state index < -0.39 is 5.60 Å². The second-order valence-corrected chi connectivity index (χ2v) is 6.53. The molecule has 126 valence electrons. The van der Waals surface area contributed by atoms with Crippen molar-refractivity contribution in [1.82, 2.24) is 24.6 Å². The van der Waals surface area contributed by atoms with Crippen molar-refractivity contribution in [3.05, 3.63) is 36.2 Å². The number of carbonyl (C=O) groups is 1. The number of carbonyl (C=O) groups excluding carboxylic acids is 1. The van der Waals surface area contributed by atoms with Crippen LogP contribution in [0.5, 0.6) is 0 Å². The maximum atomic E-state index is 11.6. The van der Waals surface area contributed by atoms with E-state index in [9.17, 15) is 4.79 Å². The Hall–Kier alpha value is -2.31. The molecule has 0 radical (unpaired) electrons. The Morgan fingerprint density at radius 3 is 2.74 bits per heavy atom. The van der Waals surface area contributed by atoms with Crippen LogP contribution in [-0.4, -0.2) is 37.6 Å². The van der Waals surface area contributed by atoms with E-state index in [4.69, 9.17) is 4.74 Å². The van der Waals surface area contributed by atoms with E-state index in [2.05, 4.69) is 20.0 Å². The molecule has 1 N–H and O–H groups in total. The van der Waals surface area contributed by atoms with Crippen LogP contribution >= 0.6 is 0 Å². The number of imidazole rings is 1. The van der Waals surface area contributed by atoms with Crippen LogP contribution < -0.4 is 5.32 Å². The molecule has 0 spiro atoms. The van der Waals surface area contributed by atoms with Crippen molar-refractivity contribution >= 4 is 6.09 Å². The summed E-state index contributed by atoms with van der Waals surface area (Å²) < 4.78 is 9.11. The number of aryl methyl sites for hydroxylation is 3. The third-order valence-electron chi connectivity index (χ3n) is 3.25. The fourth-order valence-corrected chi connectivity index (χ4v) is 2.21. The van der Waals surface area contributed by atoms with Gasteiger partial charge in [-0.15, -0.1) is 0 Å². The molecule has 0 saturated carbocycles. The number of aromatic nitrogens is 4. The lowest BCUT2D eigenvalue weighted by molar-refractivity contribution is 0.0528. The first-order chi connectivity index (χ1) is 10.8. The van der Waals surface area contributed by atoms with Crippen molar-refractivity contribution in [2.75, 3.05) is 6.54 Å². The molecule has 1 amide bonds. The number of hydrogen-bond acceptors (Lipinski definition) is 4. The van der Waals surface area contributed by atoms with Gasteiger partial charge in [0.15, 0.2) is 0 Å². The first-order valence-electron chi connectivity index (χ1n) is 7.77. The number of alkyl carbamates (subject to hydrolysis) is 1. The van der Waals surface area contributed by atoms with Crippen molar-refractivity contribution < 1.29 is 9.53 Å². The van der Waals surface area contributed by atoms with Crippen LogP contribution in [0, 0.1) is 0 Å². The molecule has 0 fully saturated rings. The lowest BCUT2D eigenvalue weighted by atomic mass is 10.2. The second-order valence-electron chi connectivity index (χ2n) is 6.53. The van der Waals surface area contributed by atoms with Gasteiger partial charge in [0.1, 0.15) is 5.60 Å². The highest BCUT2D eigenvalue weighted by atomic mass is 16.6. The molecule has 7 nitrogen and oxygen atoms in total. The summed E-state index contributed by atoms with van der Waals surface area (Å²) in [6.07, 6.45) is 8.77. The summed E-state index contributed by atoms with van der Waals surface area (Å²) in [6.45, 7) is 6.90. The standard InChI is InChI=1S/C16H25N5O2/c1-16(2,3)23-15(22)18-7-5-14-10-17-12-21(14)8-6-13-9-19-20(4)11-13/h9-12H,5-8H2,1-4H3,(H,18,22). The number of nitrogens with one attached hydrogen (secondary N) is 1. The van der Waals surface area contributed by atoms with Gasteiger partial charge in [0.25, 0.3) is 0 Å². The van der Waals surface area contributed by atoms with Crippen molar-refractivity contribution in [2.45, 2.75) is 45.8 Å². The summed E-state index contributed by atoms with van der Waals surface area (Å²) >= 11 is 0. The first-order valence-corrected chi connectivity index (χ1v) is 7.77. The summed E-state index contributed by atoms with van der Waals surface area (Å²) in [5.74, 6) is 0. The molecule has 0 unspecified atom stereocenters. The van der Waals surface area contributed by atoms with Crippen LogP contribution in [0.2, 0.25) is 0 Å². The molecule has 2 heterocycles. The Labute approximate surface area is 136 Å². The number of amides is 1. The average Bonchev–Trinajstić information content (AvgIpc) is 3.03. The second kappa shape index (κ2) is 7.30. The van der Waals surface area contributed by atoms with Crippen molar-refractivity contribution in [3.8, 4) is 0 Å². The predicted octanol–water partition coefficient (Wildman–Crippen LogP) is 1.93. The normalized spacial score (nSPS) is 11.5. The zero-order valence-electron chi connectivity index (χ0n) is 14.2. The van der Waals surface area contributed by atoms with Gasteiger partial charge in [-0.05, 0) is 32.8 Å². The van der Waals surface area contributed by atoms with E-state index in [1.807, 2.05) is 52.7 Å². The minimum Gasteiger partial charge on any atom is -0.444 e. The third-order valence-corrected chi connectivity index (χ3v) is 3.25. The van der Waals surface area contributed by atoms with Gasteiger partial charge in [-0.2, -0.15) is 5.10 Å². The fraction of sp³-hybridized carbons (Fsp3) is 0.562. The molecule has 0 aliphatic carbocycles. The van der Waals surface area contributed by atoms with Crippen LogP contribution in [-0.2, 0) is 31.2 Å². The molecule has 2 aromatic rings. The van der Waals surface area contributed by atoms with Gasteiger partial charge in [0.2, 0.25) is 0 Å². The summed E-state index contributed by atoms with van der Waals surface area (Å²) in [5.41, 5.74) is 1.80. The molecule has 0 aromatic carbocycles. The topological polar surface area (TPSA) is 74.0 Å². The number of nitrogens with zero attached hydrogens (tertiary/aromatic N) is 4. The molecule has 0 aliphatic heterocycles. The van der Waals surface area contributed by atoms with E-state index in [0.29, 0.717) is 13.0 Å². The maximum Gasteiger partial charge on any atom is 0.407 e. The van der Waals surface area contributed by atoms with E-state index in [1.165, 1.54) is 5.56 Å². The molecular formula is C16H25N5O2. The van der Waals surface area contributed by atoms with Crippen LogP contribution in [0.1, 0.15) is 32.0 Å². The van der Waals surface area contributed by atoms with Gasteiger partial charge < -0.3 is 14.6 Å². The van der Waals surface area contributed by atoms with Gasteiger partial charge in [0.05, 0.1) is 12.5 Å². The Kier molecular flexibility index (Phi) is 5.41. The van der Waals surface area contributed by atoms with Gasteiger partial charge in [-0.25, -0.2) is 9.78 Å². The van der Waals surface area contributed by atoms with Crippen LogP contribution in [0.25, 0.3) is 0 Å². The summed E-state index contributed by atoms with van der Waals surface area (Å²) in [4.78, 5) is 15.8. The van der Waals surface area contributed by atoms with Crippen molar-refractivity contribution in [3.63, 3.8) is 0 Å². The average molecular weight is 319 g/mol. The SMILES string of the molecule is Cn1cc(CCn2cncc2CCNC(=O)OC(C)(C)C)cn1.